The SMILES string of the molecule is COCC1CN(Cc2cccc(NC(=O)Nc3ccc(C)nc3)c2F)CCN1C(=O)OC. The summed E-state index contributed by atoms with van der Waals surface area (Å²) in [5, 5.41) is 5.18. The maximum Gasteiger partial charge on any atom is 0.409 e. The van der Waals surface area contributed by atoms with E-state index in [0.29, 0.717) is 44.0 Å². The first kappa shape index (κ1) is 23.4. The molecule has 1 aromatic carbocycles. The summed E-state index contributed by atoms with van der Waals surface area (Å²) in [6.45, 7) is 4.06. The van der Waals surface area contributed by atoms with Gasteiger partial charge in [0.1, 0.15) is 0 Å². The fourth-order valence-electron chi connectivity index (χ4n) is 3.62. The quantitative estimate of drug-likeness (QED) is 0.710. The Labute approximate surface area is 186 Å². The molecule has 172 valence electrons. The van der Waals surface area contributed by atoms with Gasteiger partial charge < -0.3 is 25.0 Å². The third-order valence-corrected chi connectivity index (χ3v) is 5.23. The molecule has 1 fully saturated rings. The van der Waals surface area contributed by atoms with Crippen LogP contribution in [0, 0.1) is 12.7 Å². The van der Waals surface area contributed by atoms with Gasteiger partial charge in [-0.1, -0.05) is 12.1 Å². The molecule has 0 aliphatic carbocycles. The monoisotopic (exact) mass is 445 g/mol. The molecule has 1 aromatic heterocycles. The molecular formula is C22H28FN5O4. The number of nitrogens with one attached hydrogen (secondary N) is 2. The standard InChI is InChI=1S/C22H28FN5O4/c1-15-7-8-17(11-24-15)25-21(29)26-19-6-4-5-16(20(19)23)12-27-9-10-28(22(30)32-3)18(13-27)14-31-2/h4-8,11,18H,9-10,12-14H2,1-3H3,(H2,25,26,29). The number of aryl methyl sites for hydroxylation is 1. The number of hydrogen-bond acceptors (Lipinski definition) is 6. The van der Waals surface area contributed by atoms with E-state index in [0.717, 1.165) is 5.69 Å². The number of anilines is 2. The van der Waals surface area contributed by atoms with Gasteiger partial charge in [-0.3, -0.25) is 9.88 Å². The lowest BCUT2D eigenvalue weighted by Gasteiger charge is -2.40. The van der Waals surface area contributed by atoms with Crippen LogP contribution in [0.2, 0.25) is 0 Å². The van der Waals surface area contributed by atoms with Gasteiger partial charge in [-0.05, 0) is 25.1 Å². The third kappa shape index (κ3) is 5.92. The summed E-state index contributed by atoms with van der Waals surface area (Å²) in [7, 11) is 2.92. The summed E-state index contributed by atoms with van der Waals surface area (Å²) in [6.07, 6.45) is 1.13. The lowest BCUT2D eigenvalue weighted by molar-refractivity contribution is 0.0203. The summed E-state index contributed by atoms with van der Waals surface area (Å²) >= 11 is 0. The van der Waals surface area contributed by atoms with Crippen molar-refractivity contribution in [2.75, 3.05) is 51.1 Å². The Balaban J connectivity index is 1.64. The fraction of sp³-hybridized carbons (Fsp3) is 0.409. The van der Waals surface area contributed by atoms with Gasteiger partial charge in [0, 0.05) is 44.5 Å². The molecule has 1 atom stereocenters. The van der Waals surface area contributed by atoms with E-state index in [2.05, 4.69) is 15.6 Å². The van der Waals surface area contributed by atoms with E-state index in [-0.39, 0.29) is 11.7 Å². The first-order valence-corrected chi connectivity index (χ1v) is 10.2. The molecule has 2 aromatic rings. The highest BCUT2D eigenvalue weighted by Gasteiger charge is 2.31. The summed E-state index contributed by atoms with van der Waals surface area (Å²) in [6, 6.07) is 7.62. The second-order valence-corrected chi connectivity index (χ2v) is 7.55. The molecule has 1 saturated heterocycles. The number of methoxy groups -OCH3 is 2. The second kappa shape index (κ2) is 10.9. The molecule has 1 aliphatic heterocycles. The first-order chi connectivity index (χ1) is 15.4. The molecule has 2 N–H and O–H groups in total. The van der Waals surface area contributed by atoms with Crippen molar-refractivity contribution in [2.24, 2.45) is 0 Å². The Morgan fingerprint density at radius 2 is 2.00 bits per heavy atom. The van der Waals surface area contributed by atoms with Crippen LogP contribution in [0.25, 0.3) is 0 Å². The van der Waals surface area contributed by atoms with Crippen LogP contribution in [0.3, 0.4) is 0 Å². The number of aromatic nitrogens is 1. The van der Waals surface area contributed by atoms with E-state index in [1.807, 2.05) is 11.8 Å². The van der Waals surface area contributed by atoms with Crippen LogP contribution in [0.4, 0.5) is 25.4 Å². The highest BCUT2D eigenvalue weighted by Crippen LogP contribution is 2.22. The number of nitrogens with zero attached hydrogens (tertiary/aromatic N) is 3. The minimum Gasteiger partial charge on any atom is -0.453 e. The number of piperazine rings is 1. The van der Waals surface area contributed by atoms with E-state index < -0.39 is 17.9 Å². The van der Waals surface area contributed by atoms with Crippen molar-refractivity contribution in [1.82, 2.24) is 14.8 Å². The van der Waals surface area contributed by atoms with Crippen LogP contribution in [-0.4, -0.2) is 73.4 Å². The maximum absolute atomic E-state index is 15.1. The Bertz CT molecular complexity index is 940. The summed E-state index contributed by atoms with van der Waals surface area (Å²) in [5.74, 6) is -0.497. The lowest BCUT2D eigenvalue weighted by Crippen LogP contribution is -2.56. The number of benzene rings is 1. The number of hydrogen-bond donors (Lipinski definition) is 2. The predicted molar refractivity (Wildman–Crippen MR) is 118 cm³/mol. The molecule has 2 heterocycles. The number of rotatable bonds is 6. The van der Waals surface area contributed by atoms with Gasteiger partial charge >= 0.3 is 12.1 Å². The van der Waals surface area contributed by atoms with E-state index in [9.17, 15) is 9.59 Å². The van der Waals surface area contributed by atoms with E-state index in [4.69, 9.17) is 9.47 Å². The minimum atomic E-state index is -0.557. The van der Waals surface area contributed by atoms with Crippen molar-refractivity contribution in [3.05, 3.63) is 53.6 Å². The number of carbonyl (C=O) groups is 2. The Morgan fingerprint density at radius 3 is 2.69 bits per heavy atom. The molecule has 1 unspecified atom stereocenters. The molecule has 3 amide bonds. The molecule has 0 radical (unpaired) electrons. The molecule has 32 heavy (non-hydrogen) atoms. The van der Waals surface area contributed by atoms with Gasteiger partial charge in [0.25, 0.3) is 0 Å². The smallest absolute Gasteiger partial charge is 0.409 e. The molecule has 10 heteroatoms. The highest BCUT2D eigenvalue weighted by molar-refractivity contribution is 5.99. The summed E-state index contributed by atoms with van der Waals surface area (Å²) < 4.78 is 25.2. The van der Waals surface area contributed by atoms with E-state index in [1.54, 1.807) is 36.3 Å². The van der Waals surface area contributed by atoms with Crippen molar-refractivity contribution in [2.45, 2.75) is 19.5 Å². The van der Waals surface area contributed by atoms with Crippen molar-refractivity contribution >= 4 is 23.5 Å². The Morgan fingerprint density at radius 1 is 1.19 bits per heavy atom. The van der Waals surface area contributed by atoms with Crippen LogP contribution in [0.5, 0.6) is 0 Å². The topological polar surface area (TPSA) is 96.0 Å². The average molecular weight is 445 g/mol. The van der Waals surface area contributed by atoms with Crippen molar-refractivity contribution in [3.8, 4) is 0 Å². The summed E-state index contributed by atoms with van der Waals surface area (Å²) in [4.78, 5) is 32.0. The second-order valence-electron chi connectivity index (χ2n) is 7.55. The number of urea groups is 1. The van der Waals surface area contributed by atoms with Gasteiger partial charge in [-0.25, -0.2) is 14.0 Å². The maximum atomic E-state index is 15.1. The number of pyridine rings is 1. The number of amides is 3. The van der Waals surface area contributed by atoms with Crippen LogP contribution >= 0.6 is 0 Å². The van der Waals surface area contributed by atoms with Crippen LogP contribution in [0.1, 0.15) is 11.3 Å². The zero-order valence-electron chi connectivity index (χ0n) is 18.4. The average Bonchev–Trinajstić information content (AvgIpc) is 2.78. The van der Waals surface area contributed by atoms with Crippen molar-refractivity contribution < 1.29 is 23.5 Å². The normalized spacial score (nSPS) is 16.5. The summed E-state index contributed by atoms with van der Waals surface area (Å²) in [5.41, 5.74) is 1.87. The number of halogens is 1. The number of carbonyl (C=O) groups excluding carboxylic acids is 2. The molecule has 3 rings (SSSR count). The predicted octanol–water partition coefficient (Wildman–Crippen LogP) is 3.07. The molecule has 0 saturated carbocycles. The van der Waals surface area contributed by atoms with E-state index in [1.165, 1.54) is 19.4 Å². The van der Waals surface area contributed by atoms with Crippen molar-refractivity contribution in [1.29, 1.82) is 0 Å². The first-order valence-electron chi connectivity index (χ1n) is 10.2. The third-order valence-electron chi connectivity index (χ3n) is 5.23. The molecule has 1 aliphatic rings. The van der Waals surface area contributed by atoms with Crippen LogP contribution < -0.4 is 10.6 Å². The van der Waals surface area contributed by atoms with Crippen LogP contribution in [0.15, 0.2) is 36.5 Å². The van der Waals surface area contributed by atoms with Crippen molar-refractivity contribution in [3.63, 3.8) is 0 Å². The number of ether oxygens (including phenoxy) is 2. The van der Waals surface area contributed by atoms with Gasteiger partial charge in [0.2, 0.25) is 0 Å². The zero-order chi connectivity index (χ0) is 23.1. The molecular weight excluding hydrogens is 417 g/mol. The molecule has 9 nitrogen and oxygen atoms in total. The van der Waals surface area contributed by atoms with E-state index >= 15 is 4.39 Å². The lowest BCUT2D eigenvalue weighted by atomic mass is 10.1. The van der Waals surface area contributed by atoms with Crippen LogP contribution in [-0.2, 0) is 16.0 Å². The largest absolute Gasteiger partial charge is 0.453 e. The van der Waals surface area contributed by atoms with Gasteiger partial charge in [0.15, 0.2) is 5.82 Å². The van der Waals surface area contributed by atoms with Gasteiger partial charge in [0.05, 0.1) is 37.3 Å². The van der Waals surface area contributed by atoms with Gasteiger partial charge in [-0.15, -0.1) is 0 Å². The minimum absolute atomic E-state index is 0.0849. The Hall–Kier alpha value is -3.24. The fourth-order valence-corrected chi connectivity index (χ4v) is 3.62. The highest BCUT2D eigenvalue weighted by atomic mass is 19.1. The molecule has 0 spiro atoms. The Kier molecular flexibility index (Phi) is 7.96. The zero-order valence-corrected chi connectivity index (χ0v) is 18.4. The molecule has 0 bridgehead atoms. The van der Waals surface area contributed by atoms with Gasteiger partial charge in [-0.2, -0.15) is 0 Å².